The Morgan fingerprint density at radius 1 is 1.41 bits per heavy atom. The highest BCUT2D eigenvalue weighted by atomic mass is 32.2. The van der Waals surface area contributed by atoms with E-state index in [9.17, 15) is 26.4 Å². The van der Waals surface area contributed by atoms with Crippen molar-refractivity contribution >= 4 is 15.8 Å². The summed E-state index contributed by atoms with van der Waals surface area (Å²) in [5.41, 5.74) is -2.32. The second kappa shape index (κ2) is 3.99. The van der Waals surface area contributed by atoms with Crippen molar-refractivity contribution in [3.05, 3.63) is 23.4 Å². The first-order chi connectivity index (χ1) is 7.53. The molecule has 0 aliphatic carbocycles. The number of aromatic nitrogens is 1. The predicted octanol–water partition coefficient (Wildman–Crippen LogP) is 1.20. The fraction of sp³-hybridized carbons (Fsp3) is 0.250. The highest BCUT2D eigenvalue weighted by molar-refractivity contribution is 7.90. The van der Waals surface area contributed by atoms with Crippen LogP contribution in [0.5, 0.6) is 0 Å². The Kier molecular flexibility index (Phi) is 3.15. The lowest BCUT2D eigenvalue weighted by Crippen LogP contribution is -2.16. The van der Waals surface area contributed by atoms with Gasteiger partial charge < -0.3 is 5.11 Å². The Morgan fingerprint density at radius 3 is 2.29 bits per heavy atom. The van der Waals surface area contributed by atoms with Crippen LogP contribution in [-0.4, -0.2) is 30.7 Å². The van der Waals surface area contributed by atoms with E-state index in [1.807, 2.05) is 0 Å². The number of sulfone groups is 1. The van der Waals surface area contributed by atoms with Gasteiger partial charge in [-0.2, -0.15) is 13.2 Å². The van der Waals surface area contributed by atoms with Gasteiger partial charge in [0.05, 0.1) is 11.1 Å². The van der Waals surface area contributed by atoms with Crippen molar-refractivity contribution in [2.24, 2.45) is 0 Å². The molecule has 17 heavy (non-hydrogen) atoms. The Labute approximate surface area is 93.8 Å². The van der Waals surface area contributed by atoms with Gasteiger partial charge >= 0.3 is 12.1 Å². The number of carboxylic acids is 1. The summed E-state index contributed by atoms with van der Waals surface area (Å²) < 4.78 is 59.7. The molecule has 0 unspecified atom stereocenters. The molecule has 1 rings (SSSR count). The molecule has 1 heterocycles. The van der Waals surface area contributed by atoms with E-state index in [0.717, 1.165) is 0 Å². The minimum Gasteiger partial charge on any atom is -0.478 e. The van der Waals surface area contributed by atoms with Gasteiger partial charge in [0.2, 0.25) is 0 Å². The van der Waals surface area contributed by atoms with Gasteiger partial charge in [0.25, 0.3) is 0 Å². The molecule has 0 spiro atoms. The number of carbonyl (C=O) groups is 1. The molecule has 1 aromatic rings. The molecule has 9 heteroatoms. The number of halogens is 3. The molecule has 0 saturated carbocycles. The second-order valence-electron chi connectivity index (χ2n) is 3.15. The number of aromatic carboxylic acids is 1. The third-order valence-electron chi connectivity index (χ3n) is 1.75. The van der Waals surface area contributed by atoms with Crippen LogP contribution in [0.3, 0.4) is 0 Å². The maximum atomic E-state index is 12.5. The van der Waals surface area contributed by atoms with Crippen LogP contribution in [0.1, 0.15) is 15.9 Å². The zero-order valence-electron chi connectivity index (χ0n) is 8.32. The van der Waals surface area contributed by atoms with E-state index in [0.29, 0.717) is 12.5 Å². The number of nitrogens with zero attached hydrogens (tertiary/aromatic N) is 1. The van der Waals surface area contributed by atoms with Gasteiger partial charge in [-0.1, -0.05) is 0 Å². The van der Waals surface area contributed by atoms with Crippen LogP contribution in [0.15, 0.2) is 17.3 Å². The third kappa shape index (κ3) is 2.93. The van der Waals surface area contributed by atoms with Gasteiger partial charge in [0.15, 0.2) is 14.9 Å². The van der Waals surface area contributed by atoms with Gasteiger partial charge in [0, 0.05) is 12.5 Å². The first-order valence-electron chi connectivity index (χ1n) is 4.04. The van der Waals surface area contributed by atoms with Crippen LogP contribution in [0, 0.1) is 0 Å². The fourth-order valence-corrected chi connectivity index (χ4v) is 1.89. The fourth-order valence-electron chi connectivity index (χ4n) is 1.07. The standard InChI is InChI=1S/C8H6F3NO4S/c1-17(15,16)6-5(8(9,10)11)2-4(3-12-6)7(13)14/h2-3H,1H3,(H,13,14). The number of hydrogen-bond acceptors (Lipinski definition) is 4. The normalized spacial score (nSPS) is 12.5. The molecule has 1 N–H and O–H groups in total. The Bertz CT molecular complexity index is 565. The lowest BCUT2D eigenvalue weighted by atomic mass is 10.2. The maximum Gasteiger partial charge on any atom is 0.419 e. The quantitative estimate of drug-likeness (QED) is 0.872. The molecule has 94 valence electrons. The van der Waals surface area contributed by atoms with E-state index in [4.69, 9.17) is 5.11 Å². The maximum absolute atomic E-state index is 12.5. The third-order valence-corrected chi connectivity index (χ3v) is 2.78. The van der Waals surface area contributed by atoms with E-state index in [2.05, 4.69) is 4.98 Å². The molecule has 1 aromatic heterocycles. The number of pyridine rings is 1. The SMILES string of the molecule is CS(=O)(=O)c1ncc(C(=O)O)cc1C(F)(F)F. The molecule has 0 bridgehead atoms. The predicted molar refractivity (Wildman–Crippen MR) is 49.3 cm³/mol. The minimum atomic E-state index is -4.99. The molecule has 0 aromatic carbocycles. The van der Waals surface area contributed by atoms with Crippen molar-refractivity contribution in [2.75, 3.05) is 6.26 Å². The largest absolute Gasteiger partial charge is 0.478 e. The molecule has 0 saturated heterocycles. The lowest BCUT2D eigenvalue weighted by Gasteiger charge is -2.11. The van der Waals surface area contributed by atoms with Gasteiger partial charge in [0.1, 0.15) is 0 Å². The van der Waals surface area contributed by atoms with Crippen LogP contribution in [0.25, 0.3) is 0 Å². The Balaban J connectivity index is 3.60. The van der Waals surface area contributed by atoms with Crippen LogP contribution in [0.4, 0.5) is 13.2 Å². The number of carboxylic acid groups (broad SMARTS) is 1. The van der Waals surface area contributed by atoms with Crippen LogP contribution >= 0.6 is 0 Å². The molecule has 0 aliphatic rings. The molecular formula is C8H6F3NO4S. The Hall–Kier alpha value is -1.64. The smallest absolute Gasteiger partial charge is 0.419 e. The molecule has 0 fully saturated rings. The highest BCUT2D eigenvalue weighted by Crippen LogP contribution is 2.33. The van der Waals surface area contributed by atoms with E-state index in [1.54, 1.807) is 0 Å². The zero-order chi connectivity index (χ0) is 13.4. The van der Waals surface area contributed by atoms with Crippen LogP contribution < -0.4 is 0 Å². The molecule has 0 atom stereocenters. The van der Waals surface area contributed by atoms with E-state index in [1.165, 1.54) is 0 Å². The van der Waals surface area contributed by atoms with Crippen molar-refractivity contribution < 1.29 is 31.5 Å². The van der Waals surface area contributed by atoms with E-state index >= 15 is 0 Å². The number of alkyl halides is 3. The topological polar surface area (TPSA) is 84.3 Å². The van der Waals surface area contributed by atoms with Gasteiger partial charge in [-0.25, -0.2) is 18.2 Å². The summed E-state index contributed by atoms with van der Waals surface area (Å²) in [6.45, 7) is 0. The van der Waals surface area contributed by atoms with Crippen molar-refractivity contribution in [3.8, 4) is 0 Å². The summed E-state index contributed by atoms with van der Waals surface area (Å²) in [6, 6.07) is 0.242. The summed E-state index contributed by atoms with van der Waals surface area (Å²) in [6.07, 6.45) is -3.87. The van der Waals surface area contributed by atoms with Crippen molar-refractivity contribution in [1.29, 1.82) is 0 Å². The number of rotatable bonds is 2. The summed E-state index contributed by atoms with van der Waals surface area (Å²) in [5, 5.41) is 7.33. The van der Waals surface area contributed by atoms with Crippen LogP contribution in [-0.2, 0) is 16.0 Å². The minimum absolute atomic E-state index is 0.242. The van der Waals surface area contributed by atoms with E-state index in [-0.39, 0.29) is 6.07 Å². The molecule has 0 amide bonds. The Morgan fingerprint density at radius 2 is 1.94 bits per heavy atom. The second-order valence-corrected chi connectivity index (χ2v) is 5.08. The summed E-state index contributed by atoms with van der Waals surface area (Å²) in [5.74, 6) is -1.62. The van der Waals surface area contributed by atoms with Crippen LogP contribution in [0.2, 0.25) is 0 Å². The molecule has 0 radical (unpaired) electrons. The average molecular weight is 269 g/mol. The number of hydrogen-bond donors (Lipinski definition) is 1. The molecule has 0 aliphatic heterocycles. The molecular weight excluding hydrogens is 263 g/mol. The summed E-state index contributed by atoms with van der Waals surface area (Å²) >= 11 is 0. The van der Waals surface area contributed by atoms with Crippen molar-refractivity contribution in [3.63, 3.8) is 0 Å². The first-order valence-corrected chi connectivity index (χ1v) is 5.93. The van der Waals surface area contributed by atoms with E-state index < -0.39 is 38.1 Å². The monoisotopic (exact) mass is 269 g/mol. The van der Waals surface area contributed by atoms with Crippen molar-refractivity contribution in [1.82, 2.24) is 4.98 Å². The first kappa shape index (κ1) is 13.4. The van der Waals surface area contributed by atoms with Gasteiger partial charge in [-0.3, -0.25) is 0 Å². The highest BCUT2D eigenvalue weighted by Gasteiger charge is 2.37. The average Bonchev–Trinajstić information content (AvgIpc) is 2.14. The lowest BCUT2D eigenvalue weighted by molar-refractivity contribution is -0.140. The van der Waals surface area contributed by atoms with Crippen molar-refractivity contribution in [2.45, 2.75) is 11.2 Å². The van der Waals surface area contributed by atoms with Gasteiger partial charge in [-0.05, 0) is 6.07 Å². The zero-order valence-corrected chi connectivity index (χ0v) is 9.13. The molecule has 5 nitrogen and oxygen atoms in total. The van der Waals surface area contributed by atoms with Gasteiger partial charge in [-0.15, -0.1) is 0 Å². The summed E-state index contributed by atoms with van der Waals surface area (Å²) in [4.78, 5) is 13.5. The summed E-state index contributed by atoms with van der Waals surface area (Å²) in [7, 11) is -4.18.